The Labute approximate surface area is 197 Å². The van der Waals surface area contributed by atoms with Crippen LogP contribution in [0.25, 0.3) is 17.0 Å². The van der Waals surface area contributed by atoms with E-state index in [1.165, 1.54) is 16.0 Å². The van der Waals surface area contributed by atoms with E-state index in [9.17, 15) is 14.4 Å². The molecule has 2 heterocycles. The molecular weight excluding hydrogens is 436 g/mol. The molecule has 1 N–H and O–H groups in total. The quantitative estimate of drug-likeness (QED) is 0.485. The van der Waals surface area contributed by atoms with Gasteiger partial charge in [0.2, 0.25) is 5.91 Å². The second kappa shape index (κ2) is 9.67. The molecule has 0 atom stereocenters. The van der Waals surface area contributed by atoms with Gasteiger partial charge >= 0.3 is 0 Å². The van der Waals surface area contributed by atoms with Gasteiger partial charge in [-0.25, -0.2) is 0 Å². The number of benzene rings is 2. The van der Waals surface area contributed by atoms with Crippen molar-refractivity contribution in [3.8, 4) is 0 Å². The Bertz CT molecular complexity index is 1240. The van der Waals surface area contributed by atoms with Gasteiger partial charge in [0.15, 0.2) is 0 Å². The highest BCUT2D eigenvalue weighted by Crippen LogP contribution is 2.32. The van der Waals surface area contributed by atoms with Gasteiger partial charge in [0, 0.05) is 24.0 Å². The third-order valence-electron chi connectivity index (χ3n) is 5.64. The predicted molar refractivity (Wildman–Crippen MR) is 131 cm³/mol. The van der Waals surface area contributed by atoms with Crippen LogP contribution in [0.5, 0.6) is 0 Å². The highest BCUT2D eigenvalue weighted by atomic mass is 32.2. The minimum atomic E-state index is -0.333. The first-order chi connectivity index (χ1) is 15.8. The first kappa shape index (κ1) is 22.9. The SMILES string of the molecule is Cc1cc2occ(CC(=O)NCCN3C(=O)SC(=Cc4ccccc4)C3=O)c2cc1C(C)C. The summed E-state index contributed by atoms with van der Waals surface area (Å²) >= 11 is 0.919. The van der Waals surface area contributed by atoms with E-state index >= 15 is 0 Å². The Balaban J connectivity index is 1.35. The molecule has 6 nitrogen and oxygen atoms in total. The molecule has 0 unspecified atom stereocenters. The van der Waals surface area contributed by atoms with Crippen LogP contribution in [0.15, 0.2) is 58.1 Å². The van der Waals surface area contributed by atoms with Gasteiger partial charge in [0.25, 0.3) is 11.1 Å². The second-order valence-corrected chi connectivity index (χ2v) is 9.38. The fraction of sp³-hybridized carbons (Fsp3) is 0.269. The van der Waals surface area contributed by atoms with E-state index in [0.717, 1.165) is 33.9 Å². The first-order valence-corrected chi connectivity index (χ1v) is 11.7. The lowest BCUT2D eigenvalue weighted by molar-refractivity contribution is -0.124. The number of amides is 3. The third kappa shape index (κ3) is 5.03. The Morgan fingerprint density at radius 2 is 1.94 bits per heavy atom. The zero-order valence-corrected chi connectivity index (χ0v) is 19.7. The summed E-state index contributed by atoms with van der Waals surface area (Å²) in [6.07, 6.45) is 3.50. The second-order valence-electron chi connectivity index (χ2n) is 8.39. The lowest BCUT2D eigenvalue weighted by Crippen LogP contribution is -2.37. The van der Waals surface area contributed by atoms with Gasteiger partial charge in [-0.3, -0.25) is 19.3 Å². The number of hydrogen-bond acceptors (Lipinski definition) is 5. The molecule has 170 valence electrons. The summed E-state index contributed by atoms with van der Waals surface area (Å²) in [6.45, 7) is 6.66. The van der Waals surface area contributed by atoms with Crippen molar-refractivity contribution in [2.75, 3.05) is 13.1 Å². The van der Waals surface area contributed by atoms with Crippen LogP contribution in [-0.2, 0) is 16.0 Å². The molecule has 7 heteroatoms. The predicted octanol–water partition coefficient (Wildman–Crippen LogP) is 5.26. The highest BCUT2D eigenvalue weighted by molar-refractivity contribution is 8.18. The average Bonchev–Trinajstić information content (AvgIpc) is 3.28. The molecule has 1 fully saturated rings. The fourth-order valence-electron chi connectivity index (χ4n) is 3.94. The van der Waals surface area contributed by atoms with Crippen molar-refractivity contribution in [2.24, 2.45) is 0 Å². The summed E-state index contributed by atoms with van der Waals surface area (Å²) < 4.78 is 5.65. The van der Waals surface area contributed by atoms with Gasteiger partial charge in [-0.2, -0.15) is 0 Å². The largest absolute Gasteiger partial charge is 0.464 e. The number of nitrogens with one attached hydrogen (secondary N) is 1. The van der Waals surface area contributed by atoms with Crippen molar-refractivity contribution in [3.63, 3.8) is 0 Å². The zero-order valence-electron chi connectivity index (χ0n) is 18.9. The van der Waals surface area contributed by atoms with Crippen LogP contribution >= 0.6 is 11.8 Å². The summed E-state index contributed by atoms with van der Waals surface area (Å²) in [4.78, 5) is 39.0. The number of thioether (sulfide) groups is 1. The number of imide groups is 1. The summed E-state index contributed by atoms with van der Waals surface area (Å²) in [6, 6.07) is 13.5. The molecule has 0 radical (unpaired) electrons. The number of nitrogens with zero attached hydrogens (tertiary/aromatic N) is 1. The van der Waals surface area contributed by atoms with Gasteiger partial charge in [-0.15, -0.1) is 0 Å². The number of hydrogen-bond donors (Lipinski definition) is 1. The van der Waals surface area contributed by atoms with E-state index < -0.39 is 0 Å². The first-order valence-electron chi connectivity index (χ1n) is 10.9. The van der Waals surface area contributed by atoms with E-state index in [0.29, 0.717) is 10.8 Å². The van der Waals surface area contributed by atoms with Gasteiger partial charge < -0.3 is 9.73 Å². The van der Waals surface area contributed by atoms with Gasteiger partial charge in [0.1, 0.15) is 5.58 Å². The van der Waals surface area contributed by atoms with Crippen molar-refractivity contribution in [1.82, 2.24) is 10.2 Å². The summed E-state index contributed by atoms with van der Waals surface area (Å²) in [5, 5.41) is 3.43. The summed E-state index contributed by atoms with van der Waals surface area (Å²) in [5.74, 6) is -0.142. The normalized spacial score (nSPS) is 15.3. The molecule has 1 aromatic heterocycles. The topological polar surface area (TPSA) is 79.6 Å². The monoisotopic (exact) mass is 462 g/mol. The number of rotatable bonds is 7. The molecule has 33 heavy (non-hydrogen) atoms. The Morgan fingerprint density at radius 1 is 1.18 bits per heavy atom. The van der Waals surface area contributed by atoms with Crippen LogP contribution in [-0.4, -0.2) is 35.0 Å². The molecule has 1 aliphatic heterocycles. The maximum atomic E-state index is 12.6. The van der Waals surface area contributed by atoms with E-state index in [1.54, 1.807) is 12.3 Å². The molecule has 0 spiro atoms. The van der Waals surface area contributed by atoms with Crippen LogP contribution in [0, 0.1) is 6.92 Å². The lowest BCUT2D eigenvalue weighted by atomic mass is 9.95. The summed E-state index contributed by atoms with van der Waals surface area (Å²) in [5.41, 5.74) is 4.85. The van der Waals surface area contributed by atoms with Crippen LogP contribution in [0.4, 0.5) is 4.79 Å². The molecule has 1 aliphatic rings. The molecule has 3 aromatic rings. The maximum absolute atomic E-state index is 12.6. The van der Waals surface area contributed by atoms with E-state index in [2.05, 4.69) is 32.2 Å². The number of carbonyl (C=O) groups excluding carboxylic acids is 3. The van der Waals surface area contributed by atoms with Crippen LogP contribution in [0.3, 0.4) is 0 Å². The highest BCUT2D eigenvalue weighted by Gasteiger charge is 2.34. The minimum absolute atomic E-state index is 0.130. The molecular formula is C26H26N2O4S. The number of furan rings is 1. The number of carbonyl (C=O) groups is 3. The van der Waals surface area contributed by atoms with Crippen LogP contribution < -0.4 is 5.32 Å². The molecule has 0 aliphatic carbocycles. The van der Waals surface area contributed by atoms with E-state index in [-0.39, 0.29) is 36.6 Å². The van der Waals surface area contributed by atoms with Crippen molar-refractivity contribution in [3.05, 3.63) is 75.9 Å². The average molecular weight is 463 g/mol. The third-order valence-corrected chi connectivity index (χ3v) is 6.55. The van der Waals surface area contributed by atoms with Crippen molar-refractivity contribution in [2.45, 2.75) is 33.1 Å². The number of aryl methyl sites for hydroxylation is 1. The van der Waals surface area contributed by atoms with Gasteiger partial charge in [0.05, 0.1) is 17.6 Å². The Morgan fingerprint density at radius 3 is 2.67 bits per heavy atom. The lowest BCUT2D eigenvalue weighted by Gasteiger charge is -2.13. The smallest absolute Gasteiger partial charge is 0.293 e. The Hall–Kier alpha value is -3.32. The van der Waals surface area contributed by atoms with Crippen LogP contribution in [0.2, 0.25) is 0 Å². The molecule has 3 amide bonds. The van der Waals surface area contributed by atoms with Crippen molar-refractivity contribution >= 4 is 45.9 Å². The zero-order chi connectivity index (χ0) is 23.5. The maximum Gasteiger partial charge on any atom is 0.293 e. The number of fused-ring (bicyclic) bond motifs is 1. The molecule has 1 saturated heterocycles. The van der Waals surface area contributed by atoms with Crippen molar-refractivity contribution < 1.29 is 18.8 Å². The molecule has 0 bridgehead atoms. The Kier molecular flexibility index (Phi) is 6.70. The van der Waals surface area contributed by atoms with E-state index in [1.807, 2.05) is 36.4 Å². The standard InChI is InChI=1S/C26H26N2O4S/c1-16(2)20-14-21-19(15-32-22(21)11-17(20)3)13-24(29)27-9-10-28-25(30)23(33-26(28)31)12-18-7-5-4-6-8-18/h4-8,11-12,14-16H,9-10,13H2,1-3H3,(H,27,29). The minimum Gasteiger partial charge on any atom is -0.464 e. The molecule has 0 saturated carbocycles. The molecule has 4 rings (SSSR count). The summed E-state index contributed by atoms with van der Waals surface area (Å²) in [7, 11) is 0. The van der Waals surface area contributed by atoms with Crippen LogP contribution in [0.1, 0.15) is 42.0 Å². The fourth-order valence-corrected chi connectivity index (χ4v) is 4.80. The van der Waals surface area contributed by atoms with E-state index in [4.69, 9.17) is 4.42 Å². The molecule has 2 aromatic carbocycles. The van der Waals surface area contributed by atoms with Gasteiger partial charge in [-0.1, -0.05) is 44.2 Å². The van der Waals surface area contributed by atoms with Crippen molar-refractivity contribution in [1.29, 1.82) is 0 Å². The van der Waals surface area contributed by atoms with Gasteiger partial charge in [-0.05, 0) is 59.5 Å².